The lowest BCUT2D eigenvalue weighted by molar-refractivity contribution is -0.137. The van der Waals surface area contributed by atoms with Crippen LogP contribution in [0.15, 0.2) is 28.7 Å². The van der Waals surface area contributed by atoms with Crippen molar-refractivity contribution in [3.63, 3.8) is 0 Å². The van der Waals surface area contributed by atoms with Gasteiger partial charge in [-0.1, -0.05) is 47.3 Å². The average molecular weight is 326 g/mol. The number of carboxylic acids is 1. The number of nitrogens with one attached hydrogen (secondary N) is 1. The summed E-state index contributed by atoms with van der Waals surface area (Å²) in [5.74, 6) is -0.743. The zero-order valence-corrected chi connectivity index (χ0v) is 12.6. The summed E-state index contributed by atoms with van der Waals surface area (Å²) in [5, 5.41) is 12.3. The molecule has 0 bridgehead atoms. The maximum absolute atomic E-state index is 10.7. The van der Waals surface area contributed by atoms with Crippen LogP contribution in [-0.2, 0) is 10.3 Å². The van der Waals surface area contributed by atoms with Crippen molar-refractivity contribution in [1.82, 2.24) is 5.32 Å². The molecule has 0 unspecified atom stereocenters. The summed E-state index contributed by atoms with van der Waals surface area (Å²) in [4.78, 5) is 10.7. The van der Waals surface area contributed by atoms with Crippen LogP contribution < -0.4 is 5.32 Å². The molecule has 2 rings (SSSR count). The van der Waals surface area contributed by atoms with Crippen molar-refractivity contribution in [2.45, 2.75) is 44.1 Å². The molecule has 1 saturated carbocycles. The zero-order chi connectivity index (χ0) is 13.7. The third kappa shape index (κ3) is 3.80. The van der Waals surface area contributed by atoms with Crippen molar-refractivity contribution < 1.29 is 9.90 Å². The Hall–Kier alpha value is -0.870. The van der Waals surface area contributed by atoms with Gasteiger partial charge in [-0.15, -0.1) is 0 Å². The van der Waals surface area contributed by atoms with Gasteiger partial charge in [-0.3, -0.25) is 4.79 Å². The van der Waals surface area contributed by atoms with Gasteiger partial charge in [0.1, 0.15) is 0 Å². The van der Waals surface area contributed by atoms with Crippen LogP contribution in [0.2, 0.25) is 0 Å². The summed E-state index contributed by atoms with van der Waals surface area (Å²) in [5.41, 5.74) is 1.23. The molecule has 1 aliphatic carbocycles. The molecule has 104 valence electrons. The van der Waals surface area contributed by atoms with Crippen LogP contribution >= 0.6 is 15.9 Å². The lowest BCUT2D eigenvalue weighted by Gasteiger charge is -2.39. The second kappa shape index (κ2) is 6.53. The smallest absolute Gasteiger partial charge is 0.304 e. The van der Waals surface area contributed by atoms with Gasteiger partial charge in [0.25, 0.3) is 0 Å². The fourth-order valence-corrected chi connectivity index (χ4v) is 3.32. The highest BCUT2D eigenvalue weighted by molar-refractivity contribution is 9.10. The summed E-state index contributed by atoms with van der Waals surface area (Å²) in [7, 11) is 0. The Morgan fingerprint density at radius 2 is 2.05 bits per heavy atom. The predicted octanol–water partition coefficient (Wildman–Crippen LogP) is 3.67. The van der Waals surface area contributed by atoms with Crippen molar-refractivity contribution in [2.75, 3.05) is 6.54 Å². The molecule has 0 aliphatic heterocycles. The maximum Gasteiger partial charge on any atom is 0.304 e. The minimum Gasteiger partial charge on any atom is -0.481 e. The maximum atomic E-state index is 10.7. The summed E-state index contributed by atoms with van der Waals surface area (Å²) >= 11 is 3.52. The van der Waals surface area contributed by atoms with Crippen molar-refractivity contribution in [2.24, 2.45) is 0 Å². The van der Waals surface area contributed by atoms with Gasteiger partial charge in [-0.2, -0.15) is 0 Å². The van der Waals surface area contributed by atoms with Crippen LogP contribution in [0.25, 0.3) is 0 Å². The molecule has 1 aromatic rings. The number of hydrogen-bond donors (Lipinski definition) is 2. The van der Waals surface area contributed by atoms with Crippen LogP contribution in [-0.4, -0.2) is 17.6 Å². The number of rotatable bonds is 5. The number of carbonyl (C=O) groups is 1. The molecule has 1 aromatic carbocycles. The lowest BCUT2D eigenvalue weighted by atomic mass is 9.76. The minimum atomic E-state index is -0.743. The monoisotopic (exact) mass is 325 g/mol. The van der Waals surface area contributed by atoms with Crippen LogP contribution in [0.3, 0.4) is 0 Å². The SMILES string of the molecule is O=C(O)CCNC1(c2cccc(Br)c2)CCCCC1. The molecule has 2 N–H and O–H groups in total. The molecule has 0 radical (unpaired) electrons. The molecule has 0 atom stereocenters. The molecule has 4 heteroatoms. The molecule has 0 amide bonds. The van der Waals surface area contributed by atoms with E-state index in [9.17, 15) is 4.79 Å². The quantitative estimate of drug-likeness (QED) is 0.868. The summed E-state index contributed by atoms with van der Waals surface area (Å²) in [6, 6.07) is 8.37. The molecular weight excluding hydrogens is 306 g/mol. The third-order valence-electron chi connectivity index (χ3n) is 3.89. The van der Waals surface area contributed by atoms with Crippen LogP contribution in [0, 0.1) is 0 Å². The standard InChI is InChI=1S/C15H20BrNO2/c16-13-6-4-5-12(11-13)15(8-2-1-3-9-15)17-10-7-14(18)19/h4-6,11,17H,1-3,7-10H2,(H,18,19). The van der Waals surface area contributed by atoms with E-state index in [0.717, 1.165) is 17.3 Å². The highest BCUT2D eigenvalue weighted by Gasteiger charge is 2.33. The van der Waals surface area contributed by atoms with Gasteiger partial charge in [-0.25, -0.2) is 0 Å². The fourth-order valence-electron chi connectivity index (χ4n) is 2.92. The first kappa shape index (κ1) is 14.5. The van der Waals surface area contributed by atoms with Gasteiger partial charge >= 0.3 is 5.97 Å². The molecule has 3 nitrogen and oxygen atoms in total. The van der Waals surface area contributed by atoms with Gasteiger partial charge in [0.05, 0.1) is 6.42 Å². The van der Waals surface area contributed by atoms with E-state index < -0.39 is 5.97 Å². The largest absolute Gasteiger partial charge is 0.481 e. The molecule has 0 aromatic heterocycles. The topological polar surface area (TPSA) is 49.3 Å². The molecule has 1 aliphatic rings. The summed E-state index contributed by atoms with van der Waals surface area (Å²) in [6.07, 6.45) is 6.03. The Morgan fingerprint density at radius 1 is 1.32 bits per heavy atom. The van der Waals surface area contributed by atoms with E-state index in [-0.39, 0.29) is 12.0 Å². The van der Waals surface area contributed by atoms with Gasteiger partial charge in [0.2, 0.25) is 0 Å². The van der Waals surface area contributed by atoms with E-state index in [4.69, 9.17) is 5.11 Å². The lowest BCUT2D eigenvalue weighted by Crippen LogP contribution is -2.44. The molecule has 0 heterocycles. The van der Waals surface area contributed by atoms with Crippen LogP contribution in [0.1, 0.15) is 44.1 Å². The third-order valence-corrected chi connectivity index (χ3v) is 4.38. The van der Waals surface area contributed by atoms with E-state index >= 15 is 0 Å². The predicted molar refractivity (Wildman–Crippen MR) is 79.2 cm³/mol. The fraction of sp³-hybridized carbons (Fsp3) is 0.533. The second-order valence-electron chi connectivity index (χ2n) is 5.22. The van der Waals surface area contributed by atoms with Crippen LogP contribution in [0.4, 0.5) is 0 Å². The summed E-state index contributed by atoms with van der Waals surface area (Å²) < 4.78 is 1.08. The molecular formula is C15H20BrNO2. The van der Waals surface area contributed by atoms with E-state index in [1.165, 1.54) is 24.8 Å². The Labute approximate surface area is 122 Å². The first-order valence-electron chi connectivity index (χ1n) is 6.85. The normalized spacial score (nSPS) is 18.2. The number of halogens is 1. The van der Waals surface area contributed by atoms with Gasteiger partial charge < -0.3 is 10.4 Å². The molecule has 0 saturated heterocycles. The highest BCUT2D eigenvalue weighted by atomic mass is 79.9. The van der Waals surface area contributed by atoms with Gasteiger partial charge in [-0.05, 0) is 30.5 Å². The van der Waals surface area contributed by atoms with Crippen molar-refractivity contribution >= 4 is 21.9 Å². The molecule has 19 heavy (non-hydrogen) atoms. The van der Waals surface area contributed by atoms with Crippen molar-refractivity contribution in [1.29, 1.82) is 0 Å². The Kier molecular flexibility index (Phi) is 4.99. The second-order valence-corrected chi connectivity index (χ2v) is 6.14. The summed E-state index contributed by atoms with van der Waals surface area (Å²) in [6.45, 7) is 0.530. The van der Waals surface area contributed by atoms with E-state index in [1.54, 1.807) is 0 Å². The molecule has 0 spiro atoms. The number of carboxylic acid groups (broad SMARTS) is 1. The Morgan fingerprint density at radius 3 is 2.68 bits per heavy atom. The number of hydrogen-bond acceptors (Lipinski definition) is 2. The van der Waals surface area contributed by atoms with Crippen molar-refractivity contribution in [3.8, 4) is 0 Å². The van der Waals surface area contributed by atoms with Crippen LogP contribution in [0.5, 0.6) is 0 Å². The van der Waals surface area contributed by atoms with E-state index in [1.807, 2.05) is 6.07 Å². The van der Waals surface area contributed by atoms with Gasteiger partial charge in [0, 0.05) is 16.6 Å². The number of aliphatic carboxylic acids is 1. The first-order chi connectivity index (χ1) is 9.12. The molecule has 1 fully saturated rings. The minimum absolute atomic E-state index is 0.0442. The number of benzene rings is 1. The van der Waals surface area contributed by atoms with Gasteiger partial charge in [0.15, 0.2) is 0 Å². The van der Waals surface area contributed by atoms with Crippen molar-refractivity contribution in [3.05, 3.63) is 34.3 Å². The van der Waals surface area contributed by atoms with E-state index in [0.29, 0.717) is 6.54 Å². The van der Waals surface area contributed by atoms with E-state index in [2.05, 4.69) is 39.4 Å². The Bertz CT molecular complexity index is 442. The first-order valence-corrected chi connectivity index (χ1v) is 7.65. The average Bonchev–Trinajstić information content (AvgIpc) is 2.39. The zero-order valence-electron chi connectivity index (χ0n) is 11.0. The highest BCUT2D eigenvalue weighted by Crippen LogP contribution is 2.37. The Balaban J connectivity index is 2.16.